The van der Waals surface area contributed by atoms with Crippen LogP contribution in [0.25, 0.3) is 0 Å². The lowest BCUT2D eigenvalue weighted by Crippen LogP contribution is -1.84. The first-order valence-corrected chi connectivity index (χ1v) is 6.49. The van der Waals surface area contributed by atoms with E-state index in [0.717, 1.165) is 11.2 Å². The van der Waals surface area contributed by atoms with Crippen LogP contribution in [0.5, 0.6) is 0 Å². The van der Waals surface area contributed by atoms with Crippen LogP contribution in [-0.2, 0) is 0 Å². The van der Waals surface area contributed by atoms with Crippen molar-refractivity contribution in [1.82, 2.24) is 0 Å². The van der Waals surface area contributed by atoms with E-state index in [-0.39, 0.29) is 5.82 Å². The molecule has 0 aromatic heterocycles. The minimum absolute atomic E-state index is 0.243. The lowest BCUT2D eigenvalue weighted by atomic mass is 10.2. The monoisotopic (exact) mass is 310 g/mol. The van der Waals surface area contributed by atoms with Crippen molar-refractivity contribution < 1.29 is 9.18 Å². The van der Waals surface area contributed by atoms with E-state index in [0.29, 0.717) is 14.9 Å². The topological polar surface area (TPSA) is 17.1 Å². The summed E-state index contributed by atoms with van der Waals surface area (Å²) in [5.74, 6) is -0.243. The summed E-state index contributed by atoms with van der Waals surface area (Å²) < 4.78 is 14.1. The molecular formula is C13H8BrFOS. The summed E-state index contributed by atoms with van der Waals surface area (Å²) >= 11 is 4.63. The number of halogens is 2. The van der Waals surface area contributed by atoms with Gasteiger partial charge in [0.15, 0.2) is 6.29 Å². The Kier molecular flexibility index (Phi) is 3.97. The van der Waals surface area contributed by atoms with Gasteiger partial charge >= 0.3 is 0 Å². The third kappa shape index (κ3) is 2.96. The predicted molar refractivity (Wildman–Crippen MR) is 70.1 cm³/mol. The number of hydrogen-bond donors (Lipinski definition) is 0. The largest absolute Gasteiger partial charge is 0.298 e. The Morgan fingerprint density at radius 1 is 1.18 bits per heavy atom. The van der Waals surface area contributed by atoms with Crippen LogP contribution in [0.15, 0.2) is 56.7 Å². The van der Waals surface area contributed by atoms with Crippen LogP contribution in [0.4, 0.5) is 4.39 Å². The lowest BCUT2D eigenvalue weighted by molar-refractivity contribution is 0.112. The maximum absolute atomic E-state index is 13.4. The van der Waals surface area contributed by atoms with Crippen molar-refractivity contribution in [3.8, 4) is 0 Å². The van der Waals surface area contributed by atoms with Gasteiger partial charge in [-0.25, -0.2) is 4.39 Å². The van der Waals surface area contributed by atoms with Gasteiger partial charge < -0.3 is 0 Å². The number of carbonyl (C=O) groups excluding carboxylic acids is 1. The van der Waals surface area contributed by atoms with Crippen molar-refractivity contribution in [3.63, 3.8) is 0 Å². The molecule has 4 heteroatoms. The van der Waals surface area contributed by atoms with E-state index in [2.05, 4.69) is 15.9 Å². The molecule has 0 spiro atoms. The first-order chi connectivity index (χ1) is 8.20. The van der Waals surface area contributed by atoms with E-state index in [1.54, 1.807) is 36.4 Å². The van der Waals surface area contributed by atoms with Crippen molar-refractivity contribution in [3.05, 3.63) is 58.3 Å². The second kappa shape index (κ2) is 5.47. The molecule has 0 amide bonds. The Balaban J connectivity index is 2.28. The first-order valence-electron chi connectivity index (χ1n) is 4.88. The predicted octanol–water partition coefficient (Wildman–Crippen LogP) is 4.55. The molecule has 0 bridgehead atoms. The second-order valence-electron chi connectivity index (χ2n) is 3.33. The highest BCUT2D eigenvalue weighted by Crippen LogP contribution is 2.31. The average molecular weight is 311 g/mol. The molecule has 2 rings (SSSR count). The maximum atomic E-state index is 13.4. The number of hydrogen-bond acceptors (Lipinski definition) is 2. The fraction of sp³-hybridized carbons (Fsp3) is 0. The molecule has 0 radical (unpaired) electrons. The fourth-order valence-corrected chi connectivity index (χ4v) is 2.82. The second-order valence-corrected chi connectivity index (χ2v) is 5.30. The molecular weight excluding hydrogens is 303 g/mol. The molecule has 0 unspecified atom stereocenters. The highest BCUT2D eigenvalue weighted by Gasteiger charge is 2.05. The first kappa shape index (κ1) is 12.3. The molecule has 0 N–H and O–H groups in total. The third-order valence-electron chi connectivity index (χ3n) is 2.16. The van der Waals surface area contributed by atoms with Crippen molar-refractivity contribution >= 4 is 34.0 Å². The lowest BCUT2D eigenvalue weighted by Gasteiger charge is -2.04. The minimum atomic E-state index is -0.243. The van der Waals surface area contributed by atoms with Crippen LogP contribution >= 0.6 is 27.7 Å². The molecule has 0 aliphatic carbocycles. The van der Waals surface area contributed by atoms with Crippen LogP contribution in [0, 0.1) is 5.82 Å². The summed E-state index contributed by atoms with van der Waals surface area (Å²) in [6.45, 7) is 0. The molecule has 0 heterocycles. The number of aldehydes is 1. The van der Waals surface area contributed by atoms with E-state index in [9.17, 15) is 9.18 Å². The molecule has 86 valence electrons. The molecule has 2 aromatic carbocycles. The summed E-state index contributed by atoms with van der Waals surface area (Å²) in [5.41, 5.74) is 0.586. The molecule has 17 heavy (non-hydrogen) atoms. The minimum Gasteiger partial charge on any atom is -0.298 e. The Morgan fingerprint density at radius 3 is 2.59 bits per heavy atom. The molecule has 0 aliphatic heterocycles. The van der Waals surface area contributed by atoms with Gasteiger partial charge in [0.1, 0.15) is 5.82 Å². The normalized spacial score (nSPS) is 10.2. The van der Waals surface area contributed by atoms with E-state index in [1.807, 2.05) is 0 Å². The van der Waals surface area contributed by atoms with Gasteiger partial charge in [0.05, 0.1) is 0 Å². The van der Waals surface area contributed by atoms with E-state index >= 15 is 0 Å². The zero-order valence-corrected chi connectivity index (χ0v) is 11.1. The fourth-order valence-electron chi connectivity index (χ4n) is 1.32. The quantitative estimate of drug-likeness (QED) is 0.773. The van der Waals surface area contributed by atoms with E-state index in [4.69, 9.17) is 0 Å². The van der Waals surface area contributed by atoms with Crippen molar-refractivity contribution in [1.29, 1.82) is 0 Å². The van der Waals surface area contributed by atoms with Gasteiger partial charge in [-0.05, 0) is 30.3 Å². The summed E-state index contributed by atoms with van der Waals surface area (Å²) in [6, 6.07) is 11.9. The Bertz CT molecular complexity index is 557. The molecule has 0 fully saturated rings. The van der Waals surface area contributed by atoms with Gasteiger partial charge in [-0.1, -0.05) is 39.8 Å². The zero-order chi connectivity index (χ0) is 12.3. The van der Waals surface area contributed by atoms with Gasteiger partial charge in [-0.3, -0.25) is 4.79 Å². The van der Waals surface area contributed by atoms with Crippen molar-refractivity contribution in [2.75, 3.05) is 0 Å². The SMILES string of the molecule is O=Cc1ccc(Sc2ccccc2F)cc1Br. The van der Waals surface area contributed by atoms with Crippen LogP contribution < -0.4 is 0 Å². The van der Waals surface area contributed by atoms with E-state index < -0.39 is 0 Å². The van der Waals surface area contributed by atoms with Crippen LogP contribution in [0.2, 0.25) is 0 Å². The molecule has 0 saturated carbocycles. The van der Waals surface area contributed by atoms with Gasteiger partial charge in [0.25, 0.3) is 0 Å². The van der Waals surface area contributed by atoms with E-state index in [1.165, 1.54) is 17.8 Å². The molecule has 0 saturated heterocycles. The Morgan fingerprint density at radius 2 is 1.94 bits per heavy atom. The van der Waals surface area contributed by atoms with Crippen LogP contribution in [0.1, 0.15) is 10.4 Å². The molecule has 1 nitrogen and oxygen atoms in total. The summed E-state index contributed by atoms with van der Waals surface area (Å²) in [6.07, 6.45) is 0.779. The van der Waals surface area contributed by atoms with Crippen molar-refractivity contribution in [2.45, 2.75) is 9.79 Å². The highest BCUT2D eigenvalue weighted by molar-refractivity contribution is 9.10. The van der Waals surface area contributed by atoms with Crippen LogP contribution in [-0.4, -0.2) is 6.29 Å². The number of rotatable bonds is 3. The smallest absolute Gasteiger partial charge is 0.151 e. The highest BCUT2D eigenvalue weighted by atomic mass is 79.9. The zero-order valence-electron chi connectivity index (χ0n) is 8.69. The number of carbonyl (C=O) groups is 1. The van der Waals surface area contributed by atoms with Gasteiger partial charge in [-0.15, -0.1) is 0 Å². The molecule has 0 aliphatic rings. The van der Waals surface area contributed by atoms with Crippen molar-refractivity contribution in [2.24, 2.45) is 0 Å². The Hall–Kier alpha value is -1.13. The average Bonchev–Trinajstić information content (AvgIpc) is 2.32. The standard InChI is InChI=1S/C13H8BrFOS/c14-11-7-10(6-5-9(11)8-16)17-13-4-2-1-3-12(13)15/h1-8H. The summed E-state index contributed by atoms with van der Waals surface area (Å²) in [7, 11) is 0. The Labute approximate surface area is 111 Å². The van der Waals surface area contributed by atoms with Gasteiger partial charge in [-0.2, -0.15) is 0 Å². The third-order valence-corrected chi connectivity index (χ3v) is 3.89. The summed E-state index contributed by atoms with van der Waals surface area (Å²) in [4.78, 5) is 12.1. The summed E-state index contributed by atoms with van der Waals surface area (Å²) in [5, 5.41) is 0. The van der Waals surface area contributed by atoms with Crippen LogP contribution in [0.3, 0.4) is 0 Å². The maximum Gasteiger partial charge on any atom is 0.151 e. The number of benzene rings is 2. The van der Waals surface area contributed by atoms with Gasteiger partial charge in [0, 0.05) is 19.8 Å². The van der Waals surface area contributed by atoms with Gasteiger partial charge in [0.2, 0.25) is 0 Å². The molecule has 0 atom stereocenters. The molecule has 2 aromatic rings.